The normalized spacial score (nSPS) is 10.2. The quantitative estimate of drug-likeness (QED) is 0.685. The molecule has 2 N–H and O–H groups in total. The first-order valence-electron chi connectivity index (χ1n) is 6.05. The molecule has 0 saturated carbocycles. The summed E-state index contributed by atoms with van der Waals surface area (Å²) in [7, 11) is 1.48. The first kappa shape index (κ1) is 14.9. The Morgan fingerprint density at radius 1 is 1.32 bits per heavy atom. The summed E-state index contributed by atoms with van der Waals surface area (Å²) in [6, 6.07) is 2.66. The molecule has 0 aliphatic heterocycles. The summed E-state index contributed by atoms with van der Waals surface area (Å²) in [6.07, 6.45) is 2.21. The van der Waals surface area contributed by atoms with E-state index in [1.165, 1.54) is 19.2 Å². The minimum absolute atomic E-state index is 0.149. The first-order valence-corrected chi connectivity index (χ1v) is 6.05. The lowest BCUT2D eigenvalue weighted by molar-refractivity contribution is -0.137. The summed E-state index contributed by atoms with van der Waals surface area (Å²) in [4.78, 5) is 33.0. The van der Waals surface area contributed by atoms with Crippen molar-refractivity contribution in [2.75, 3.05) is 6.54 Å². The molecule has 0 unspecified atom stereocenters. The molecule has 0 radical (unpaired) electrons. The number of carbonyl (C=O) groups is 2. The molecular weight excluding hydrogens is 250 g/mol. The van der Waals surface area contributed by atoms with Gasteiger partial charge < -0.3 is 10.4 Å². The van der Waals surface area contributed by atoms with Gasteiger partial charge in [0.2, 0.25) is 0 Å². The van der Waals surface area contributed by atoms with Gasteiger partial charge in [-0.05, 0) is 18.9 Å². The van der Waals surface area contributed by atoms with E-state index in [9.17, 15) is 14.4 Å². The second kappa shape index (κ2) is 7.30. The van der Waals surface area contributed by atoms with E-state index >= 15 is 0 Å². The number of hydrogen-bond acceptors (Lipinski definition) is 4. The van der Waals surface area contributed by atoms with Crippen LogP contribution in [-0.2, 0) is 11.8 Å². The number of aliphatic carboxylic acids is 1. The molecule has 104 valence electrons. The number of nitrogens with zero attached hydrogens (tertiary/aromatic N) is 2. The highest BCUT2D eigenvalue weighted by atomic mass is 16.4. The SMILES string of the molecule is Cn1nc(C(=O)NCCCCCC(=O)O)ccc1=O. The molecule has 1 amide bonds. The van der Waals surface area contributed by atoms with Crippen LogP contribution in [0.1, 0.15) is 36.2 Å². The van der Waals surface area contributed by atoms with E-state index in [4.69, 9.17) is 5.11 Å². The molecule has 0 aliphatic carbocycles. The highest BCUT2D eigenvalue weighted by Gasteiger charge is 2.07. The Morgan fingerprint density at radius 2 is 2.05 bits per heavy atom. The minimum atomic E-state index is -0.807. The van der Waals surface area contributed by atoms with Crippen molar-refractivity contribution in [2.24, 2.45) is 7.05 Å². The van der Waals surface area contributed by atoms with Gasteiger partial charge in [0.1, 0.15) is 5.69 Å². The molecule has 0 saturated heterocycles. The topological polar surface area (TPSA) is 101 Å². The fourth-order valence-corrected chi connectivity index (χ4v) is 1.49. The average molecular weight is 267 g/mol. The van der Waals surface area contributed by atoms with Crippen LogP contribution in [0, 0.1) is 0 Å². The van der Waals surface area contributed by atoms with Crippen molar-refractivity contribution in [3.05, 3.63) is 28.2 Å². The van der Waals surface area contributed by atoms with Crippen molar-refractivity contribution >= 4 is 11.9 Å². The molecule has 0 aromatic carbocycles. The largest absolute Gasteiger partial charge is 0.481 e. The maximum Gasteiger partial charge on any atom is 0.303 e. The molecular formula is C12H17N3O4. The van der Waals surface area contributed by atoms with E-state index in [-0.39, 0.29) is 23.6 Å². The van der Waals surface area contributed by atoms with E-state index in [0.717, 1.165) is 11.1 Å². The zero-order valence-corrected chi connectivity index (χ0v) is 10.8. The third-order valence-corrected chi connectivity index (χ3v) is 2.55. The molecule has 0 fully saturated rings. The fourth-order valence-electron chi connectivity index (χ4n) is 1.49. The summed E-state index contributed by atoms with van der Waals surface area (Å²) >= 11 is 0. The Balaban J connectivity index is 2.29. The van der Waals surface area contributed by atoms with Crippen LogP contribution in [0.2, 0.25) is 0 Å². The number of unbranched alkanes of at least 4 members (excludes halogenated alkanes) is 2. The van der Waals surface area contributed by atoms with Gasteiger partial charge in [-0.1, -0.05) is 6.42 Å². The molecule has 0 aliphatic rings. The highest BCUT2D eigenvalue weighted by molar-refractivity contribution is 5.91. The van der Waals surface area contributed by atoms with Crippen LogP contribution in [0.4, 0.5) is 0 Å². The molecule has 7 heteroatoms. The van der Waals surface area contributed by atoms with Gasteiger partial charge in [-0.2, -0.15) is 5.10 Å². The second-order valence-electron chi connectivity index (χ2n) is 4.14. The Morgan fingerprint density at radius 3 is 2.68 bits per heavy atom. The van der Waals surface area contributed by atoms with Gasteiger partial charge in [-0.25, -0.2) is 4.68 Å². The van der Waals surface area contributed by atoms with Gasteiger partial charge in [0.15, 0.2) is 0 Å². The highest BCUT2D eigenvalue weighted by Crippen LogP contribution is 1.99. The number of nitrogens with one attached hydrogen (secondary N) is 1. The number of aryl methyl sites for hydroxylation is 1. The summed E-state index contributed by atoms with van der Waals surface area (Å²) < 4.78 is 1.10. The third-order valence-electron chi connectivity index (χ3n) is 2.55. The van der Waals surface area contributed by atoms with E-state index in [1.807, 2.05) is 0 Å². The number of rotatable bonds is 7. The monoisotopic (exact) mass is 267 g/mol. The third kappa shape index (κ3) is 5.33. The number of aromatic nitrogens is 2. The van der Waals surface area contributed by atoms with Crippen LogP contribution in [-0.4, -0.2) is 33.3 Å². The lowest BCUT2D eigenvalue weighted by Gasteiger charge is -2.05. The van der Waals surface area contributed by atoms with Crippen LogP contribution < -0.4 is 10.9 Å². The zero-order valence-electron chi connectivity index (χ0n) is 10.8. The van der Waals surface area contributed by atoms with E-state index in [1.54, 1.807) is 0 Å². The number of carboxylic acids is 1. The van der Waals surface area contributed by atoms with Crippen LogP contribution >= 0.6 is 0 Å². The Bertz CT molecular complexity index is 510. The summed E-state index contributed by atoms with van der Waals surface area (Å²) in [6.45, 7) is 0.461. The van der Waals surface area contributed by atoms with Gasteiger partial charge in [0.05, 0.1) is 0 Å². The number of carbonyl (C=O) groups excluding carboxylic acids is 1. The van der Waals surface area contributed by atoms with Gasteiger partial charge in [0.25, 0.3) is 11.5 Å². The van der Waals surface area contributed by atoms with Crippen molar-refractivity contribution in [2.45, 2.75) is 25.7 Å². The molecule has 1 aromatic rings. The van der Waals surface area contributed by atoms with Gasteiger partial charge >= 0.3 is 5.97 Å². The predicted molar refractivity (Wildman–Crippen MR) is 67.9 cm³/mol. The molecule has 19 heavy (non-hydrogen) atoms. The smallest absolute Gasteiger partial charge is 0.303 e. The molecule has 1 heterocycles. The van der Waals surface area contributed by atoms with Crippen LogP contribution in [0.25, 0.3) is 0 Å². The van der Waals surface area contributed by atoms with E-state index in [0.29, 0.717) is 19.4 Å². The summed E-state index contributed by atoms with van der Waals surface area (Å²) in [5.74, 6) is -1.15. The molecule has 0 atom stereocenters. The van der Waals surface area contributed by atoms with Crippen molar-refractivity contribution in [1.82, 2.24) is 15.1 Å². The zero-order chi connectivity index (χ0) is 14.3. The number of carboxylic acid groups (broad SMARTS) is 1. The van der Waals surface area contributed by atoms with Crippen molar-refractivity contribution < 1.29 is 14.7 Å². The maximum absolute atomic E-state index is 11.7. The second-order valence-corrected chi connectivity index (χ2v) is 4.14. The van der Waals surface area contributed by atoms with Crippen LogP contribution in [0.5, 0.6) is 0 Å². The molecule has 0 spiro atoms. The standard InChI is InChI=1S/C12H17N3O4/c1-15-10(16)7-6-9(14-15)12(19)13-8-4-2-3-5-11(17)18/h6-7H,2-5,8H2,1H3,(H,13,19)(H,17,18). The van der Waals surface area contributed by atoms with Crippen molar-refractivity contribution in [1.29, 1.82) is 0 Å². The minimum Gasteiger partial charge on any atom is -0.481 e. The van der Waals surface area contributed by atoms with Gasteiger partial charge in [-0.3, -0.25) is 14.4 Å². The molecule has 1 rings (SSSR count). The Labute approximate surface area is 110 Å². The lowest BCUT2D eigenvalue weighted by Crippen LogP contribution is -2.29. The van der Waals surface area contributed by atoms with Gasteiger partial charge in [-0.15, -0.1) is 0 Å². The Hall–Kier alpha value is -2.18. The first-order chi connectivity index (χ1) is 9.00. The predicted octanol–water partition coefficient (Wildman–Crippen LogP) is 0.155. The van der Waals surface area contributed by atoms with Crippen LogP contribution in [0.3, 0.4) is 0 Å². The fraction of sp³-hybridized carbons (Fsp3) is 0.500. The Kier molecular flexibility index (Phi) is 5.72. The molecule has 7 nitrogen and oxygen atoms in total. The van der Waals surface area contributed by atoms with Gasteiger partial charge in [0, 0.05) is 26.1 Å². The lowest BCUT2D eigenvalue weighted by atomic mass is 10.2. The average Bonchev–Trinajstić information content (AvgIpc) is 2.36. The number of hydrogen-bond donors (Lipinski definition) is 2. The van der Waals surface area contributed by atoms with E-state index < -0.39 is 5.97 Å². The number of amides is 1. The molecule has 1 aromatic heterocycles. The van der Waals surface area contributed by atoms with Crippen molar-refractivity contribution in [3.63, 3.8) is 0 Å². The van der Waals surface area contributed by atoms with E-state index in [2.05, 4.69) is 10.4 Å². The summed E-state index contributed by atoms with van der Waals surface area (Å²) in [5.41, 5.74) is -0.0853. The summed E-state index contributed by atoms with van der Waals surface area (Å²) in [5, 5.41) is 14.9. The molecule has 0 bridgehead atoms. The van der Waals surface area contributed by atoms with Crippen molar-refractivity contribution in [3.8, 4) is 0 Å². The van der Waals surface area contributed by atoms with Crippen LogP contribution in [0.15, 0.2) is 16.9 Å². The maximum atomic E-state index is 11.7.